The van der Waals surface area contributed by atoms with Gasteiger partial charge in [-0.05, 0) is 36.1 Å². The fraction of sp³-hybridized carbons (Fsp3) is 0.192. The summed E-state index contributed by atoms with van der Waals surface area (Å²) in [5.41, 5.74) is 2.76. The van der Waals surface area contributed by atoms with Crippen molar-refractivity contribution in [3.05, 3.63) is 89.7 Å². The maximum absolute atomic E-state index is 12.4. The van der Waals surface area contributed by atoms with Crippen LogP contribution in [0.5, 0.6) is 0 Å². The molecule has 0 aliphatic carbocycles. The molecule has 174 valence electrons. The Morgan fingerprint density at radius 1 is 1.12 bits per heavy atom. The predicted octanol–water partition coefficient (Wildman–Crippen LogP) is 6.31. The predicted molar refractivity (Wildman–Crippen MR) is 142 cm³/mol. The van der Waals surface area contributed by atoms with E-state index < -0.39 is 0 Å². The maximum Gasteiger partial charge on any atom is 0.225 e. The fourth-order valence-corrected chi connectivity index (χ4v) is 4.68. The number of benzene rings is 3. The van der Waals surface area contributed by atoms with Crippen LogP contribution in [0.25, 0.3) is 10.8 Å². The highest BCUT2D eigenvalue weighted by Gasteiger charge is 2.13. The molecule has 1 amide bonds. The highest BCUT2D eigenvalue weighted by atomic mass is 35.5. The number of thioether (sulfide) groups is 1. The van der Waals surface area contributed by atoms with Gasteiger partial charge >= 0.3 is 0 Å². The van der Waals surface area contributed by atoms with Gasteiger partial charge in [0.05, 0.1) is 6.54 Å². The maximum atomic E-state index is 12.4. The smallest absolute Gasteiger partial charge is 0.225 e. The number of hydrogen-bond acceptors (Lipinski definition) is 5. The zero-order chi connectivity index (χ0) is 23.9. The molecular weight excluding hydrogens is 466 g/mol. The average molecular weight is 492 g/mol. The number of anilines is 2. The minimum Gasteiger partial charge on any atom is -0.377 e. The summed E-state index contributed by atoms with van der Waals surface area (Å²) < 4.78 is 2.02. The SMILES string of the molecule is C=CCn1c(CNc2cccc3ccccc23)nnc1SCCC(=O)Nc1cc(Cl)ccc1C. The summed E-state index contributed by atoms with van der Waals surface area (Å²) in [4.78, 5) is 12.4. The molecule has 6 nitrogen and oxygen atoms in total. The van der Waals surface area contributed by atoms with Crippen molar-refractivity contribution in [3.63, 3.8) is 0 Å². The second-order valence-electron chi connectivity index (χ2n) is 7.78. The van der Waals surface area contributed by atoms with Crippen LogP contribution in [-0.2, 0) is 17.9 Å². The fourth-order valence-electron chi connectivity index (χ4n) is 3.60. The topological polar surface area (TPSA) is 71.8 Å². The quantitative estimate of drug-likeness (QED) is 0.201. The van der Waals surface area contributed by atoms with Crippen molar-refractivity contribution in [2.45, 2.75) is 31.6 Å². The lowest BCUT2D eigenvalue weighted by molar-refractivity contribution is -0.115. The largest absolute Gasteiger partial charge is 0.377 e. The van der Waals surface area contributed by atoms with Gasteiger partial charge in [-0.25, -0.2) is 0 Å². The molecule has 0 radical (unpaired) electrons. The Balaban J connectivity index is 1.37. The molecule has 0 unspecified atom stereocenters. The molecule has 0 bridgehead atoms. The molecule has 1 aromatic heterocycles. The number of rotatable bonds is 10. The van der Waals surface area contributed by atoms with E-state index >= 15 is 0 Å². The third-order valence-electron chi connectivity index (χ3n) is 5.37. The number of aromatic nitrogens is 3. The number of hydrogen-bond donors (Lipinski definition) is 2. The number of halogens is 1. The van der Waals surface area contributed by atoms with Crippen LogP contribution in [0.4, 0.5) is 11.4 Å². The van der Waals surface area contributed by atoms with Crippen LogP contribution >= 0.6 is 23.4 Å². The van der Waals surface area contributed by atoms with E-state index in [9.17, 15) is 4.79 Å². The molecule has 0 aliphatic rings. The summed E-state index contributed by atoms with van der Waals surface area (Å²) >= 11 is 7.55. The number of fused-ring (bicyclic) bond motifs is 1. The number of allylic oxidation sites excluding steroid dienone is 1. The summed E-state index contributed by atoms with van der Waals surface area (Å²) in [5, 5.41) is 18.9. The van der Waals surface area contributed by atoms with Crippen LogP contribution in [-0.4, -0.2) is 26.4 Å². The van der Waals surface area contributed by atoms with Crippen LogP contribution in [0, 0.1) is 6.92 Å². The molecule has 1 heterocycles. The van der Waals surface area contributed by atoms with E-state index in [2.05, 4.69) is 51.7 Å². The molecule has 34 heavy (non-hydrogen) atoms. The summed E-state index contributed by atoms with van der Waals surface area (Å²) in [5.74, 6) is 1.33. The Kier molecular flexibility index (Phi) is 7.87. The van der Waals surface area contributed by atoms with Gasteiger partial charge in [0, 0.05) is 40.5 Å². The van der Waals surface area contributed by atoms with Gasteiger partial charge in [-0.3, -0.25) is 4.79 Å². The van der Waals surface area contributed by atoms with Gasteiger partial charge in [0.25, 0.3) is 0 Å². The van der Waals surface area contributed by atoms with Gasteiger partial charge in [0.15, 0.2) is 11.0 Å². The Hall–Kier alpha value is -3.29. The molecule has 0 saturated carbocycles. The minimum absolute atomic E-state index is 0.0644. The van der Waals surface area contributed by atoms with E-state index in [1.807, 2.05) is 47.9 Å². The number of nitrogens with zero attached hydrogens (tertiary/aromatic N) is 3. The Bertz CT molecular complexity index is 1310. The summed E-state index contributed by atoms with van der Waals surface area (Å²) in [7, 11) is 0. The van der Waals surface area contributed by atoms with Crippen molar-refractivity contribution in [2.24, 2.45) is 0 Å². The monoisotopic (exact) mass is 491 g/mol. The van der Waals surface area contributed by atoms with E-state index in [0.29, 0.717) is 30.3 Å². The molecule has 0 fully saturated rings. The first kappa shape index (κ1) is 23.9. The Labute approximate surface area is 208 Å². The highest BCUT2D eigenvalue weighted by molar-refractivity contribution is 7.99. The van der Waals surface area contributed by atoms with Crippen LogP contribution in [0.1, 0.15) is 17.8 Å². The lowest BCUT2D eigenvalue weighted by atomic mass is 10.1. The standard InChI is InChI=1S/C26H26ClN5OS/c1-3-14-32-24(17-28-22-10-6-8-19-7-4-5-9-21(19)22)30-31-26(32)34-15-13-25(33)29-23-16-20(27)12-11-18(23)2/h3-12,16,28H,1,13-15,17H2,2H3,(H,29,33). The van der Waals surface area contributed by atoms with Gasteiger partial charge in [0.1, 0.15) is 0 Å². The van der Waals surface area contributed by atoms with E-state index in [1.54, 1.807) is 6.07 Å². The molecule has 8 heteroatoms. The molecule has 2 N–H and O–H groups in total. The number of amides is 1. The lowest BCUT2D eigenvalue weighted by Gasteiger charge is -2.11. The molecule has 0 saturated heterocycles. The second-order valence-corrected chi connectivity index (χ2v) is 9.28. The van der Waals surface area contributed by atoms with Crippen LogP contribution < -0.4 is 10.6 Å². The van der Waals surface area contributed by atoms with E-state index in [4.69, 9.17) is 11.6 Å². The van der Waals surface area contributed by atoms with Gasteiger partial charge < -0.3 is 15.2 Å². The van der Waals surface area contributed by atoms with Crippen molar-refractivity contribution >= 4 is 51.4 Å². The van der Waals surface area contributed by atoms with Gasteiger partial charge in [-0.15, -0.1) is 16.8 Å². The lowest BCUT2D eigenvalue weighted by Crippen LogP contribution is -2.13. The average Bonchev–Trinajstić information content (AvgIpc) is 3.21. The molecule has 0 spiro atoms. The number of carbonyl (C=O) groups is 1. The third-order valence-corrected chi connectivity index (χ3v) is 6.57. The first-order valence-electron chi connectivity index (χ1n) is 11.0. The van der Waals surface area contributed by atoms with Crippen molar-refractivity contribution in [2.75, 3.05) is 16.4 Å². The zero-order valence-corrected chi connectivity index (χ0v) is 20.5. The van der Waals surface area contributed by atoms with Crippen molar-refractivity contribution in [1.82, 2.24) is 14.8 Å². The molecule has 0 atom stereocenters. The third kappa shape index (κ3) is 5.79. The Morgan fingerprint density at radius 3 is 2.79 bits per heavy atom. The molecule has 4 rings (SSSR count). The number of aryl methyl sites for hydroxylation is 1. The summed E-state index contributed by atoms with van der Waals surface area (Å²) in [6.07, 6.45) is 2.17. The Morgan fingerprint density at radius 2 is 1.94 bits per heavy atom. The molecule has 0 aliphatic heterocycles. The van der Waals surface area contributed by atoms with Crippen molar-refractivity contribution in [3.8, 4) is 0 Å². The van der Waals surface area contributed by atoms with Crippen molar-refractivity contribution in [1.29, 1.82) is 0 Å². The van der Waals surface area contributed by atoms with Crippen LogP contribution in [0.2, 0.25) is 5.02 Å². The van der Waals surface area contributed by atoms with Crippen LogP contribution in [0.15, 0.2) is 78.5 Å². The van der Waals surface area contributed by atoms with Crippen LogP contribution in [0.3, 0.4) is 0 Å². The van der Waals surface area contributed by atoms with Crippen molar-refractivity contribution < 1.29 is 4.79 Å². The highest BCUT2D eigenvalue weighted by Crippen LogP contribution is 2.25. The normalized spacial score (nSPS) is 10.9. The number of nitrogens with one attached hydrogen (secondary N) is 2. The van der Waals surface area contributed by atoms with Gasteiger partial charge in [0.2, 0.25) is 5.91 Å². The second kappa shape index (κ2) is 11.2. The summed E-state index contributed by atoms with van der Waals surface area (Å²) in [6, 6.07) is 19.9. The van der Waals surface area contributed by atoms with Gasteiger partial charge in [-0.1, -0.05) is 71.9 Å². The van der Waals surface area contributed by atoms with Gasteiger partial charge in [-0.2, -0.15) is 0 Å². The molecule has 3 aromatic carbocycles. The first-order valence-corrected chi connectivity index (χ1v) is 12.3. The minimum atomic E-state index is -0.0644. The molecular formula is C26H26ClN5OS. The first-order chi connectivity index (χ1) is 16.5. The van der Waals surface area contributed by atoms with E-state index in [-0.39, 0.29) is 5.91 Å². The van der Waals surface area contributed by atoms with E-state index in [0.717, 1.165) is 33.3 Å². The zero-order valence-electron chi connectivity index (χ0n) is 18.9. The summed E-state index contributed by atoms with van der Waals surface area (Å²) in [6.45, 7) is 6.93. The molecule has 4 aromatic rings. The van der Waals surface area contributed by atoms with E-state index in [1.165, 1.54) is 17.1 Å². The number of carbonyl (C=O) groups excluding carboxylic acids is 1.